The molecule has 3 aromatic rings. The largest absolute Gasteiger partial charge is 0.516 e. The SMILES string of the molecule is [B]C([B])([B])Oc1cc(OC([B])([B])[B])cc(N2C(NC)=C(c3nc4ccccc4[nH]3)C(=O)C2(C)C)c1. The highest BCUT2D eigenvalue weighted by atomic mass is 16.5. The number of nitrogens with zero attached hydrogens (tertiary/aromatic N) is 2. The predicted octanol–water partition coefficient (Wildman–Crippen LogP) is 0.310. The second kappa shape index (κ2) is 8.54. The number of ether oxygens (including phenoxy) is 2. The molecule has 0 fully saturated rings. The lowest BCUT2D eigenvalue weighted by molar-refractivity contribution is -0.116. The number of anilines is 1. The lowest BCUT2D eigenvalue weighted by Crippen LogP contribution is -2.46. The van der Waals surface area contributed by atoms with E-state index in [2.05, 4.69) is 15.3 Å². The quantitative estimate of drug-likeness (QED) is 0.504. The van der Waals surface area contributed by atoms with Crippen molar-refractivity contribution in [1.29, 1.82) is 0 Å². The molecule has 0 spiro atoms. The molecule has 2 N–H and O–H groups in total. The van der Waals surface area contributed by atoms with E-state index in [1.54, 1.807) is 37.9 Å². The molecule has 4 rings (SSSR count). The minimum absolute atomic E-state index is 0.130. The molecule has 162 valence electrons. The van der Waals surface area contributed by atoms with Crippen LogP contribution in [0.25, 0.3) is 16.6 Å². The molecular formula is C22H18B6N4O3. The number of H-pyrrole nitrogens is 1. The van der Waals surface area contributed by atoms with Gasteiger partial charge in [0, 0.05) is 25.2 Å². The molecule has 13 heteroatoms. The molecule has 2 aromatic carbocycles. The van der Waals surface area contributed by atoms with E-state index in [4.69, 9.17) is 56.6 Å². The van der Waals surface area contributed by atoms with Crippen LogP contribution in [0.4, 0.5) is 5.69 Å². The van der Waals surface area contributed by atoms with Crippen molar-refractivity contribution in [2.75, 3.05) is 11.9 Å². The van der Waals surface area contributed by atoms with Gasteiger partial charge in [0.05, 0.1) is 16.7 Å². The smallest absolute Gasteiger partial charge is 0.195 e. The van der Waals surface area contributed by atoms with Gasteiger partial charge >= 0.3 is 0 Å². The first-order chi connectivity index (χ1) is 16.2. The van der Waals surface area contributed by atoms with Crippen molar-refractivity contribution >= 4 is 75.2 Å². The molecule has 1 aliphatic rings. The molecule has 7 nitrogen and oxygen atoms in total. The molecule has 2 heterocycles. The summed E-state index contributed by atoms with van der Waals surface area (Å²) in [5.41, 5.74) is 1.31. The number of imidazole rings is 1. The number of aromatic nitrogens is 2. The number of hydrogen-bond acceptors (Lipinski definition) is 6. The summed E-state index contributed by atoms with van der Waals surface area (Å²) < 4.78 is 10.9. The van der Waals surface area contributed by atoms with Crippen molar-refractivity contribution < 1.29 is 14.3 Å². The highest BCUT2D eigenvalue weighted by Crippen LogP contribution is 2.43. The standard InChI is InChI=1S/C22H18B6N4O3/c1-20(2)17(33)16(18-30-14-6-4-5-7-15(14)31-18)19(29-3)32(20)11-8-12(34-21(23,24)25)10-13(9-11)35-22(26,27)28/h4-10,29H,1-3H3,(H,30,31). The van der Waals surface area contributed by atoms with Gasteiger partial charge in [-0.15, -0.1) is 0 Å². The van der Waals surface area contributed by atoms with Crippen LogP contribution >= 0.6 is 0 Å². The Morgan fingerprint density at radius 2 is 1.54 bits per heavy atom. The first-order valence-corrected chi connectivity index (χ1v) is 10.7. The third-order valence-corrected chi connectivity index (χ3v) is 5.38. The summed E-state index contributed by atoms with van der Waals surface area (Å²) >= 11 is 0. The van der Waals surface area contributed by atoms with Crippen LogP contribution in [0, 0.1) is 0 Å². The van der Waals surface area contributed by atoms with Crippen LogP contribution in [-0.2, 0) is 4.79 Å². The van der Waals surface area contributed by atoms with Gasteiger partial charge in [-0.2, -0.15) is 0 Å². The Balaban J connectivity index is 1.90. The highest BCUT2D eigenvalue weighted by molar-refractivity contribution is 6.58. The molecule has 0 bridgehead atoms. The number of ketones is 1. The summed E-state index contributed by atoms with van der Waals surface area (Å²) in [6, 6.07) is 12.1. The van der Waals surface area contributed by atoms with E-state index in [0.29, 0.717) is 22.9 Å². The number of Topliss-reactive ketones (excluding diaryl/α,β-unsaturated/α-hetero) is 1. The van der Waals surface area contributed by atoms with E-state index in [1.165, 1.54) is 6.07 Å². The zero-order valence-corrected chi connectivity index (χ0v) is 19.6. The van der Waals surface area contributed by atoms with E-state index in [9.17, 15) is 4.79 Å². The van der Waals surface area contributed by atoms with Crippen molar-refractivity contribution in [3.05, 3.63) is 54.1 Å². The monoisotopic (exact) mass is 452 g/mol. The van der Waals surface area contributed by atoms with Crippen molar-refractivity contribution in [2.45, 2.75) is 30.0 Å². The number of carbonyl (C=O) groups excluding carboxylic acids is 1. The molecule has 0 saturated carbocycles. The van der Waals surface area contributed by atoms with Gasteiger partial charge in [0.1, 0.15) is 81.3 Å². The molecule has 12 radical (unpaired) electrons. The fourth-order valence-corrected chi connectivity index (χ4v) is 4.10. The van der Waals surface area contributed by atoms with Gasteiger partial charge in [0.25, 0.3) is 0 Å². The molecule has 1 aliphatic heterocycles. The Kier molecular flexibility index (Phi) is 6.10. The van der Waals surface area contributed by atoms with Crippen molar-refractivity contribution in [3.8, 4) is 11.5 Å². The third-order valence-electron chi connectivity index (χ3n) is 5.38. The van der Waals surface area contributed by atoms with Crippen LogP contribution < -0.4 is 19.7 Å². The lowest BCUT2D eigenvalue weighted by atomic mass is 9.52. The molecule has 0 atom stereocenters. The van der Waals surface area contributed by atoms with E-state index >= 15 is 0 Å². The normalized spacial score (nSPS) is 16.1. The van der Waals surface area contributed by atoms with Crippen LogP contribution in [0.5, 0.6) is 11.5 Å². The fraction of sp³-hybridized carbons (Fsp3) is 0.273. The van der Waals surface area contributed by atoms with Crippen LogP contribution in [0.2, 0.25) is 0 Å². The first kappa shape index (κ1) is 25.0. The summed E-state index contributed by atoms with van der Waals surface area (Å²) in [5, 5.41) is -0.853. The Bertz CT molecular complexity index is 1260. The maximum Gasteiger partial charge on any atom is 0.195 e. The highest BCUT2D eigenvalue weighted by Gasteiger charge is 2.48. The maximum absolute atomic E-state index is 13.7. The first-order valence-electron chi connectivity index (χ1n) is 10.7. The van der Waals surface area contributed by atoms with Gasteiger partial charge in [-0.3, -0.25) is 4.79 Å². The summed E-state index contributed by atoms with van der Waals surface area (Å²) in [4.78, 5) is 23.3. The summed E-state index contributed by atoms with van der Waals surface area (Å²) in [7, 11) is 35.5. The maximum atomic E-state index is 13.7. The molecular weight excluding hydrogens is 433 g/mol. The van der Waals surface area contributed by atoms with Crippen LogP contribution in [0.3, 0.4) is 0 Å². The van der Waals surface area contributed by atoms with Crippen LogP contribution in [0.1, 0.15) is 19.7 Å². The molecule has 0 unspecified atom stereocenters. The van der Waals surface area contributed by atoms with E-state index in [-0.39, 0.29) is 17.3 Å². The molecule has 0 amide bonds. The second-order valence-corrected chi connectivity index (χ2v) is 8.87. The van der Waals surface area contributed by atoms with E-state index in [1.807, 2.05) is 24.3 Å². The zero-order chi connectivity index (χ0) is 25.8. The average Bonchev–Trinajstić information content (AvgIpc) is 3.21. The summed E-state index contributed by atoms with van der Waals surface area (Å²) in [5.74, 6) is 0.998. The molecule has 1 aromatic heterocycles. The number of fused-ring (bicyclic) bond motifs is 1. The third kappa shape index (κ3) is 5.00. The van der Waals surface area contributed by atoms with Crippen molar-refractivity contribution in [3.63, 3.8) is 0 Å². The number of benzene rings is 2. The summed E-state index contributed by atoms with van der Waals surface area (Å²) in [6.07, 6.45) is 0. The lowest BCUT2D eigenvalue weighted by Gasteiger charge is -2.35. The number of para-hydroxylation sites is 2. The van der Waals surface area contributed by atoms with Crippen molar-refractivity contribution in [2.24, 2.45) is 0 Å². The number of hydrogen-bond donors (Lipinski definition) is 2. The van der Waals surface area contributed by atoms with E-state index in [0.717, 1.165) is 11.0 Å². The minimum Gasteiger partial charge on any atom is -0.516 e. The average molecular weight is 451 g/mol. The molecule has 35 heavy (non-hydrogen) atoms. The Hall–Kier alpha value is -3.09. The number of rotatable bonds is 7. The van der Waals surface area contributed by atoms with Gasteiger partial charge in [-0.05, 0) is 36.6 Å². The number of carbonyl (C=O) groups is 1. The van der Waals surface area contributed by atoms with Gasteiger partial charge < -0.3 is 24.7 Å². The topological polar surface area (TPSA) is 79.5 Å². The Morgan fingerprint density at radius 1 is 0.971 bits per heavy atom. The molecule has 0 saturated heterocycles. The summed E-state index contributed by atoms with van der Waals surface area (Å²) in [6.45, 7) is 3.54. The van der Waals surface area contributed by atoms with Gasteiger partial charge in [0.15, 0.2) is 5.78 Å². The minimum atomic E-state index is -1.99. The Morgan fingerprint density at radius 3 is 2.06 bits per heavy atom. The number of nitrogens with one attached hydrogen (secondary N) is 2. The second-order valence-electron chi connectivity index (χ2n) is 8.87. The van der Waals surface area contributed by atoms with Crippen LogP contribution in [0.15, 0.2) is 48.3 Å². The van der Waals surface area contributed by atoms with E-state index < -0.39 is 16.1 Å². The van der Waals surface area contributed by atoms with Gasteiger partial charge in [0.2, 0.25) is 0 Å². The van der Waals surface area contributed by atoms with Gasteiger partial charge in [-0.1, -0.05) is 12.1 Å². The van der Waals surface area contributed by atoms with Gasteiger partial charge in [-0.25, -0.2) is 4.98 Å². The molecule has 0 aliphatic carbocycles. The fourth-order valence-electron chi connectivity index (χ4n) is 4.10. The predicted molar refractivity (Wildman–Crippen MR) is 141 cm³/mol. The number of aromatic amines is 1. The Labute approximate surface area is 212 Å². The zero-order valence-electron chi connectivity index (χ0n) is 19.6. The van der Waals surface area contributed by atoms with Crippen LogP contribution in [-0.4, -0.2) is 86.0 Å². The van der Waals surface area contributed by atoms with Crippen molar-refractivity contribution in [1.82, 2.24) is 15.3 Å².